The van der Waals surface area contributed by atoms with Crippen molar-refractivity contribution in [1.82, 2.24) is 0 Å². The van der Waals surface area contributed by atoms with Crippen LogP contribution in [0.2, 0.25) is 0 Å². The van der Waals surface area contributed by atoms with Crippen molar-refractivity contribution in [2.45, 2.75) is 6.92 Å². The lowest BCUT2D eigenvalue weighted by molar-refractivity contribution is -0.134. The van der Waals surface area contributed by atoms with E-state index >= 15 is 0 Å². The first-order chi connectivity index (χ1) is 4.88. The van der Waals surface area contributed by atoms with Gasteiger partial charge in [-0.3, -0.25) is 4.79 Å². The molecule has 0 saturated carbocycles. The highest BCUT2D eigenvalue weighted by atomic mass is 35.5. The molecule has 11 heavy (non-hydrogen) atoms. The molecule has 0 saturated heterocycles. The molecule has 0 amide bonds. The van der Waals surface area contributed by atoms with Crippen molar-refractivity contribution < 1.29 is 9.90 Å². The van der Waals surface area contributed by atoms with E-state index in [1.54, 1.807) is 0 Å². The summed E-state index contributed by atoms with van der Waals surface area (Å²) in [4.78, 5) is 9.00. The summed E-state index contributed by atoms with van der Waals surface area (Å²) in [7, 11) is 0. The van der Waals surface area contributed by atoms with Crippen LogP contribution in [0.15, 0.2) is 23.2 Å². The minimum absolute atomic E-state index is 0.111. The van der Waals surface area contributed by atoms with Gasteiger partial charge in [0.2, 0.25) is 0 Å². The second-order valence-electron chi connectivity index (χ2n) is 1.01. The Kier molecular flexibility index (Phi) is 25.5. The molecule has 0 heterocycles. The maximum atomic E-state index is 9.00. The van der Waals surface area contributed by atoms with Crippen LogP contribution in [0.25, 0.3) is 0 Å². The molecule has 1 N–H and O–H groups in total. The van der Waals surface area contributed by atoms with Gasteiger partial charge >= 0.3 is 0 Å². The Morgan fingerprint density at radius 1 is 1.55 bits per heavy atom. The highest BCUT2D eigenvalue weighted by molar-refractivity contribution is 6.55. The summed E-state index contributed by atoms with van der Waals surface area (Å²) in [6, 6.07) is 0. The average molecular weight is 219 g/mol. The molecule has 2 nitrogen and oxygen atoms in total. The Balaban J connectivity index is -0.0000000886. The zero-order valence-corrected chi connectivity index (χ0v) is 8.25. The summed E-state index contributed by atoms with van der Waals surface area (Å²) in [5.41, 5.74) is 1.22. The smallest absolute Gasteiger partial charge is 0.300 e. The lowest BCUT2D eigenvalue weighted by Gasteiger charge is -1.59. The fourth-order valence-corrected chi connectivity index (χ4v) is 0. The zero-order valence-electron chi connectivity index (χ0n) is 5.98. The zero-order chi connectivity index (χ0) is 9.86. The molecule has 0 unspecified atom stereocenters. The van der Waals surface area contributed by atoms with Gasteiger partial charge in [-0.25, -0.2) is 0 Å². The Bertz CT molecular complexity index is 103. The number of hydrogen-bond acceptors (Lipinski definition) is 1. The minimum Gasteiger partial charge on any atom is -0.481 e. The summed E-state index contributed by atoms with van der Waals surface area (Å²) in [6.07, 6.45) is 0. The van der Waals surface area contributed by atoms with Gasteiger partial charge < -0.3 is 5.11 Å². The Hall–Kier alpha value is -0.180. The predicted octanol–water partition coefficient (Wildman–Crippen LogP) is 3.39. The SMILES string of the molecule is C=C(Cl)Cl.C=CCl.CC(=O)O. The summed E-state index contributed by atoms with van der Waals surface area (Å²) in [5, 5.41) is 7.42. The van der Waals surface area contributed by atoms with Crippen LogP contribution in [-0.2, 0) is 4.79 Å². The molecule has 0 bridgehead atoms. The molecule has 0 aliphatic carbocycles. The third kappa shape index (κ3) is 18500. The molecule has 0 rings (SSSR count). The monoisotopic (exact) mass is 218 g/mol. The topological polar surface area (TPSA) is 37.3 Å². The quantitative estimate of drug-likeness (QED) is 0.678. The van der Waals surface area contributed by atoms with E-state index in [4.69, 9.17) is 44.7 Å². The fraction of sp³-hybridized carbons (Fsp3) is 0.167. The third-order valence-electron chi connectivity index (χ3n) is 0. The van der Waals surface area contributed by atoms with Gasteiger partial charge in [0.1, 0.15) is 0 Å². The van der Waals surface area contributed by atoms with Gasteiger partial charge in [-0.2, -0.15) is 0 Å². The van der Waals surface area contributed by atoms with Crippen molar-refractivity contribution >= 4 is 40.8 Å². The van der Waals surface area contributed by atoms with E-state index in [2.05, 4.69) is 13.2 Å². The third-order valence-corrected chi connectivity index (χ3v) is 0. The number of aliphatic carboxylic acids is 1. The van der Waals surface area contributed by atoms with E-state index < -0.39 is 5.97 Å². The second kappa shape index (κ2) is 16.4. The molecule has 0 aromatic carbocycles. The van der Waals surface area contributed by atoms with E-state index in [1.807, 2.05) is 0 Å². The molecule has 0 spiro atoms. The van der Waals surface area contributed by atoms with Crippen LogP contribution in [0.5, 0.6) is 0 Å². The fourth-order valence-electron chi connectivity index (χ4n) is 0. The lowest BCUT2D eigenvalue weighted by Crippen LogP contribution is -1.78. The van der Waals surface area contributed by atoms with E-state index in [0.29, 0.717) is 0 Å². The van der Waals surface area contributed by atoms with Crippen molar-refractivity contribution in [1.29, 1.82) is 0 Å². The van der Waals surface area contributed by atoms with E-state index in [-0.39, 0.29) is 4.49 Å². The van der Waals surface area contributed by atoms with Gasteiger partial charge in [-0.15, -0.1) is 0 Å². The molecule has 0 aromatic heterocycles. The Morgan fingerprint density at radius 3 is 1.55 bits per heavy atom. The van der Waals surface area contributed by atoms with Crippen molar-refractivity contribution in [2.24, 2.45) is 0 Å². The van der Waals surface area contributed by atoms with Crippen LogP contribution < -0.4 is 0 Å². The number of hydrogen-bond donors (Lipinski definition) is 1. The Labute approximate surface area is 81.1 Å². The first kappa shape index (κ1) is 17.1. The molecule has 5 heteroatoms. The average Bonchev–Trinajstić information content (AvgIpc) is 1.60. The van der Waals surface area contributed by atoms with Crippen molar-refractivity contribution in [3.8, 4) is 0 Å². The number of halogens is 3. The van der Waals surface area contributed by atoms with Crippen molar-refractivity contribution in [2.75, 3.05) is 0 Å². The van der Waals surface area contributed by atoms with Gasteiger partial charge in [0, 0.05) is 6.92 Å². The first-order valence-electron chi connectivity index (χ1n) is 2.29. The number of rotatable bonds is 0. The maximum absolute atomic E-state index is 9.00. The summed E-state index contributed by atoms with van der Waals surface area (Å²) >= 11 is 14.5. The normalized spacial score (nSPS) is 5.82. The van der Waals surface area contributed by atoms with Gasteiger partial charge in [0.15, 0.2) is 0 Å². The van der Waals surface area contributed by atoms with Crippen LogP contribution in [0.3, 0.4) is 0 Å². The van der Waals surface area contributed by atoms with E-state index in [9.17, 15) is 0 Å². The van der Waals surface area contributed by atoms with E-state index in [0.717, 1.165) is 6.92 Å². The molecule has 66 valence electrons. The summed E-state index contributed by atoms with van der Waals surface area (Å²) in [5.74, 6) is -0.833. The molecule has 0 aliphatic heterocycles. The summed E-state index contributed by atoms with van der Waals surface area (Å²) < 4.78 is 0.111. The largest absolute Gasteiger partial charge is 0.481 e. The molecule has 0 atom stereocenters. The van der Waals surface area contributed by atoms with Gasteiger partial charge in [0.05, 0.1) is 4.49 Å². The predicted molar refractivity (Wildman–Crippen MR) is 50.2 cm³/mol. The van der Waals surface area contributed by atoms with Crippen molar-refractivity contribution in [3.63, 3.8) is 0 Å². The van der Waals surface area contributed by atoms with Gasteiger partial charge in [0.25, 0.3) is 5.97 Å². The molecular weight excluding hydrogens is 210 g/mol. The van der Waals surface area contributed by atoms with Crippen LogP contribution in [0, 0.1) is 0 Å². The molecule has 0 fully saturated rings. The number of carboxylic acids is 1. The Morgan fingerprint density at radius 2 is 1.55 bits per heavy atom. The first-order valence-corrected chi connectivity index (χ1v) is 3.48. The number of carbonyl (C=O) groups is 1. The van der Waals surface area contributed by atoms with Crippen LogP contribution in [0.1, 0.15) is 6.92 Å². The maximum Gasteiger partial charge on any atom is 0.300 e. The molecule has 0 aromatic rings. The van der Waals surface area contributed by atoms with Gasteiger partial charge in [-0.1, -0.05) is 48.0 Å². The molecule has 0 radical (unpaired) electrons. The minimum atomic E-state index is -0.833. The molecule has 0 aliphatic rings. The molecular formula is C6H9Cl3O2. The second-order valence-corrected chi connectivity index (χ2v) is 2.43. The van der Waals surface area contributed by atoms with E-state index in [1.165, 1.54) is 5.54 Å². The highest BCUT2D eigenvalue weighted by Crippen LogP contribution is 1.98. The van der Waals surface area contributed by atoms with Crippen molar-refractivity contribution in [3.05, 3.63) is 23.2 Å². The standard InChI is InChI=1S/C2H2Cl2.C2H3Cl.C2H4O2/c1-2(3)4;1-2-3;1-2(3)4/h1H2;2H,1H2;1H3,(H,3,4). The number of carboxylic acid groups (broad SMARTS) is 1. The van der Waals surface area contributed by atoms with Gasteiger partial charge in [-0.05, 0) is 5.54 Å². The van der Waals surface area contributed by atoms with Crippen LogP contribution in [0.4, 0.5) is 0 Å². The highest BCUT2D eigenvalue weighted by Gasteiger charge is 1.65. The van der Waals surface area contributed by atoms with Crippen LogP contribution in [-0.4, -0.2) is 11.1 Å². The lowest BCUT2D eigenvalue weighted by atomic mass is 10.9. The van der Waals surface area contributed by atoms with Crippen LogP contribution >= 0.6 is 34.8 Å². The summed E-state index contributed by atoms with van der Waals surface area (Å²) in [6.45, 7) is 7.30.